The van der Waals surface area contributed by atoms with Crippen LogP contribution >= 0.6 is 0 Å². The molecular formula is C10H17N3O. The molecule has 0 saturated heterocycles. The van der Waals surface area contributed by atoms with Crippen LogP contribution in [0.3, 0.4) is 0 Å². The lowest BCUT2D eigenvalue weighted by atomic mass is 10.1. The van der Waals surface area contributed by atoms with Crippen molar-refractivity contribution in [2.75, 3.05) is 5.43 Å². The first-order valence-electron chi connectivity index (χ1n) is 4.74. The van der Waals surface area contributed by atoms with E-state index in [1.807, 2.05) is 19.1 Å². The van der Waals surface area contributed by atoms with Gasteiger partial charge >= 0.3 is 0 Å². The summed E-state index contributed by atoms with van der Waals surface area (Å²) >= 11 is 0. The predicted molar refractivity (Wildman–Crippen MR) is 57.0 cm³/mol. The molecule has 1 aromatic heterocycles. The van der Waals surface area contributed by atoms with Crippen LogP contribution in [-0.2, 0) is 0 Å². The highest BCUT2D eigenvalue weighted by atomic mass is 16.5. The number of hydrazine groups is 1. The van der Waals surface area contributed by atoms with Gasteiger partial charge in [0.15, 0.2) is 0 Å². The molecule has 0 radical (unpaired) electrons. The smallest absolute Gasteiger partial charge is 0.215 e. The summed E-state index contributed by atoms with van der Waals surface area (Å²) in [6.07, 6.45) is 0.149. The molecule has 0 aliphatic carbocycles. The van der Waals surface area contributed by atoms with Gasteiger partial charge in [-0.15, -0.1) is 0 Å². The third-order valence-electron chi connectivity index (χ3n) is 2.12. The summed E-state index contributed by atoms with van der Waals surface area (Å²) in [4.78, 5) is 4.16. The van der Waals surface area contributed by atoms with Crippen molar-refractivity contribution in [1.82, 2.24) is 4.98 Å². The van der Waals surface area contributed by atoms with E-state index in [1.165, 1.54) is 0 Å². The molecule has 0 aliphatic heterocycles. The van der Waals surface area contributed by atoms with Crippen molar-refractivity contribution in [1.29, 1.82) is 0 Å². The summed E-state index contributed by atoms with van der Waals surface area (Å²) < 4.78 is 5.61. The van der Waals surface area contributed by atoms with Crippen molar-refractivity contribution in [3.8, 4) is 5.88 Å². The molecule has 0 amide bonds. The second kappa shape index (κ2) is 4.81. The minimum Gasteiger partial charge on any atom is -0.474 e. The standard InChI is InChI=1S/C10H17N3O/c1-7(2)8(3)14-10-6-4-5-9(12-10)13-11/h4-8H,11H2,1-3H3,(H,12,13). The highest BCUT2D eigenvalue weighted by molar-refractivity contribution is 5.35. The van der Waals surface area contributed by atoms with Gasteiger partial charge in [-0.1, -0.05) is 19.9 Å². The second-order valence-electron chi connectivity index (χ2n) is 3.57. The Morgan fingerprint density at radius 2 is 2.07 bits per heavy atom. The average Bonchev–Trinajstić information content (AvgIpc) is 2.18. The van der Waals surface area contributed by atoms with E-state index in [9.17, 15) is 0 Å². The molecule has 0 aromatic carbocycles. The number of pyridine rings is 1. The number of ether oxygens (including phenoxy) is 1. The lowest BCUT2D eigenvalue weighted by Crippen LogP contribution is -2.19. The van der Waals surface area contributed by atoms with E-state index >= 15 is 0 Å². The van der Waals surface area contributed by atoms with Crippen LogP contribution in [0.15, 0.2) is 18.2 Å². The summed E-state index contributed by atoms with van der Waals surface area (Å²) in [5.41, 5.74) is 2.48. The molecule has 0 aliphatic rings. The molecule has 0 fully saturated rings. The van der Waals surface area contributed by atoms with Gasteiger partial charge in [0.25, 0.3) is 0 Å². The number of nitrogens with two attached hydrogens (primary N) is 1. The Morgan fingerprint density at radius 3 is 2.64 bits per heavy atom. The molecule has 78 valence electrons. The van der Waals surface area contributed by atoms with Gasteiger partial charge < -0.3 is 10.2 Å². The van der Waals surface area contributed by atoms with Crippen LogP contribution in [0.4, 0.5) is 5.82 Å². The Labute approximate surface area is 84.4 Å². The molecule has 1 rings (SSSR count). The summed E-state index contributed by atoms with van der Waals surface area (Å²) in [5.74, 6) is 6.91. The third-order valence-corrected chi connectivity index (χ3v) is 2.12. The maximum Gasteiger partial charge on any atom is 0.215 e. The van der Waals surface area contributed by atoms with E-state index in [1.54, 1.807) is 6.07 Å². The van der Waals surface area contributed by atoms with Crippen molar-refractivity contribution in [3.63, 3.8) is 0 Å². The molecule has 4 heteroatoms. The van der Waals surface area contributed by atoms with Crippen molar-refractivity contribution >= 4 is 5.82 Å². The zero-order valence-electron chi connectivity index (χ0n) is 8.82. The van der Waals surface area contributed by atoms with E-state index < -0.39 is 0 Å². The Bertz CT molecular complexity index is 288. The molecule has 1 unspecified atom stereocenters. The van der Waals surface area contributed by atoms with Crippen LogP contribution < -0.4 is 16.0 Å². The first kappa shape index (κ1) is 10.8. The van der Waals surface area contributed by atoms with E-state index in [0.29, 0.717) is 17.6 Å². The highest BCUT2D eigenvalue weighted by Crippen LogP contribution is 2.14. The van der Waals surface area contributed by atoms with Gasteiger partial charge in [-0.25, -0.2) is 5.84 Å². The third kappa shape index (κ3) is 2.88. The van der Waals surface area contributed by atoms with Crippen molar-refractivity contribution < 1.29 is 4.74 Å². The summed E-state index contributed by atoms with van der Waals surface area (Å²) in [7, 11) is 0. The van der Waals surface area contributed by atoms with E-state index in [0.717, 1.165) is 0 Å². The van der Waals surface area contributed by atoms with Gasteiger partial charge in [-0.2, -0.15) is 4.98 Å². The summed E-state index contributed by atoms with van der Waals surface area (Å²) in [5, 5.41) is 0. The van der Waals surface area contributed by atoms with E-state index in [2.05, 4.69) is 24.3 Å². The number of hydrogen-bond donors (Lipinski definition) is 2. The fraction of sp³-hybridized carbons (Fsp3) is 0.500. The van der Waals surface area contributed by atoms with Gasteiger partial charge in [-0.3, -0.25) is 0 Å². The molecule has 14 heavy (non-hydrogen) atoms. The minimum atomic E-state index is 0.149. The SMILES string of the molecule is CC(C)C(C)Oc1cccc(NN)n1. The molecule has 0 bridgehead atoms. The number of nitrogen functional groups attached to an aromatic ring is 1. The largest absolute Gasteiger partial charge is 0.474 e. The minimum absolute atomic E-state index is 0.149. The zero-order chi connectivity index (χ0) is 10.6. The van der Waals surface area contributed by atoms with Crippen molar-refractivity contribution in [2.24, 2.45) is 11.8 Å². The first-order valence-corrected chi connectivity index (χ1v) is 4.74. The first-order chi connectivity index (χ1) is 6.63. The van der Waals surface area contributed by atoms with Crippen LogP contribution in [0.1, 0.15) is 20.8 Å². The lowest BCUT2D eigenvalue weighted by molar-refractivity contribution is 0.163. The van der Waals surface area contributed by atoms with Crippen LogP contribution in [0.5, 0.6) is 5.88 Å². The molecule has 1 atom stereocenters. The monoisotopic (exact) mass is 195 g/mol. The van der Waals surface area contributed by atoms with Gasteiger partial charge in [0, 0.05) is 6.07 Å². The molecule has 1 aromatic rings. The van der Waals surface area contributed by atoms with Gasteiger partial charge in [0.2, 0.25) is 5.88 Å². The van der Waals surface area contributed by atoms with Crippen LogP contribution in [0.25, 0.3) is 0 Å². The van der Waals surface area contributed by atoms with Gasteiger partial charge in [-0.05, 0) is 18.9 Å². The topological polar surface area (TPSA) is 60.2 Å². The number of anilines is 1. The molecule has 0 saturated carbocycles. The lowest BCUT2D eigenvalue weighted by Gasteiger charge is -2.17. The highest BCUT2D eigenvalue weighted by Gasteiger charge is 2.09. The molecular weight excluding hydrogens is 178 g/mol. The zero-order valence-corrected chi connectivity index (χ0v) is 8.82. The fourth-order valence-corrected chi connectivity index (χ4v) is 0.887. The number of nitrogens with one attached hydrogen (secondary N) is 1. The summed E-state index contributed by atoms with van der Waals surface area (Å²) in [6.45, 7) is 6.24. The number of aromatic nitrogens is 1. The van der Waals surface area contributed by atoms with E-state index in [4.69, 9.17) is 10.6 Å². The number of nitrogens with zero attached hydrogens (tertiary/aromatic N) is 1. The maximum absolute atomic E-state index is 5.61. The second-order valence-corrected chi connectivity index (χ2v) is 3.57. The van der Waals surface area contributed by atoms with Crippen molar-refractivity contribution in [3.05, 3.63) is 18.2 Å². The molecule has 0 spiro atoms. The van der Waals surface area contributed by atoms with Crippen LogP contribution in [0, 0.1) is 5.92 Å². The van der Waals surface area contributed by atoms with Gasteiger partial charge in [0.05, 0.1) is 6.10 Å². The average molecular weight is 195 g/mol. The number of rotatable bonds is 4. The normalized spacial score (nSPS) is 12.6. The fourth-order valence-electron chi connectivity index (χ4n) is 0.887. The molecule has 3 N–H and O–H groups in total. The van der Waals surface area contributed by atoms with Crippen molar-refractivity contribution in [2.45, 2.75) is 26.9 Å². The predicted octanol–water partition coefficient (Wildman–Crippen LogP) is 1.79. The Hall–Kier alpha value is -1.29. The van der Waals surface area contributed by atoms with Crippen LogP contribution in [-0.4, -0.2) is 11.1 Å². The maximum atomic E-state index is 5.61. The Kier molecular flexibility index (Phi) is 3.71. The molecule has 4 nitrogen and oxygen atoms in total. The quantitative estimate of drug-likeness (QED) is 0.568. The van der Waals surface area contributed by atoms with E-state index in [-0.39, 0.29) is 6.10 Å². The van der Waals surface area contributed by atoms with Crippen LogP contribution in [0.2, 0.25) is 0 Å². The van der Waals surface area contributed by atoms with Gasteiger partial charge in [0.1, 0.15) is 5.82 Å². The number of hydrogen-bond acceptors (Lipinski definition) is 4. The summed E-state index contributed by atoms with van der Waals surface area (Å²) in [6, 6.07) is 5.46. The Morgan fingerprint density at radius 1 is 1.36 bits per heavy atom. The Balaban J connectivity index is 2.66. The molecule has 1 heterocycles.